The van der Waals surface area contributed by atoms with Crippen LogP contribution in [0.2, 0.25) is 0 Å². The van der Waals surface area contributed by atoms with Crippen LogP contribution in [0, 0.1) is 13.8 Å². The predicted molar refractivity (Wildman–Crippen MR) is 130 cm³/mol. The van der Waals surface area contributed by atoms with Crippen molar-refractivity contribution in [2.24, 2.45) is 0 Å². The summed E-state index contributed by atoms with van der Waals surface area (Å²) in [4.78, 5) is 18.3. The molecule has 5 rings (SSSR count). The van der Waals surface area contributed by atoms with Gasteiger partial charge >= 0.3 is 0 Å². The van der Waals surface area contributed by atoms with Crippen molar-refractivity contribution < 1.29 is 9.21 Å². The van der Waals surface area contributed by atoms with Gasteiger partial charge < -0.3 is 4.42 Å². The summed E-state index contributed by atoms with van der Waals surface area (Å²) in [7, 11) is 0. The minimum absolute atomic E-state index is 0.221. The van der Waals surface area contributed by atoms with Gasteiger partial charge in [0.2, 0.25) is 11.8 Å². The number of aryl methyl sites for hydroxylation is 2. The standard InChI is InChI=1S/C26H20N4O2S/c1-16-8-6-7-11-21(16)25-30-29-24(32-25)20-14-12-19(13-15-20)23(31)28-26-27-17(2)22(33-26)18-9-4-3-5-10-18/h3-15H,1-2H3,(H,27,28,31). The SMILES string of the molecule is Cc1ccccc1-c1nnc(-c2ccc(C(=O)Nc3nc(C)c(-c4ccccc4)s3)cc2)o1. The van der Waals surface area contributed by atoms with E-state index in [1.807, 2.05) is 68.4 Å². The van der Waals surface area contributed by atoms with Gasteiger partial charge in [-0.3, -0.25) is 10.1 Å². The van der Waals surface area contributed by atoms with Crippen molar-refractivity contribution in [3.63, 3.8) is 0 Å². The number of hydrogen-bond donors (Lipinski definition) is 1. The third-order valence-corrected chi connectivity index (χ3v) is 6.37. The molecule has 162 valence electrons. The molecule has 0 spiro atoms. The lowest BCUT2D eigenvalue weighted by Gasteiger charge is -2.02. The van der Waals surface area contributed by atoms with Gasteiger partial charge in [0.15, 0.2) is 5.13 Å². The Morgan fingerprint density at radius 1 is 0.818 bits per heavy atom. The maximum atomic E-state index is 12.7. The third kappa shape index (κ3) is 4.31. The van der Waals surface area contributed by atoms with E-state index in [9.17, 15) is 4.79 Å². The molecule has 0 bridgehead atoms. The van der Waals surface area contributed by atoms with Crippen LogP contribution >= 0.6 is 11.3 Å². The number of amides is 1. The Morgan fingerprint density at radius 2 is 1.52 bits per heavy atom. The lowest BCUT2D eigenvalue weighted by atomic mass is 10.1. The van der Waals surface area contributed by atoms with Gasteiger partial charge in [-0.1, -0.05) is 59.9 Å². The quantitative estimate of drug-likeness (QED) is 0.334. The van der Waals surface area contributed by atoms with Crippen molar-refractivity contribution in [2.45, 2.75) is 13.8 Å². The van der Waals surface area contributed by atoms with Crippen LogP contribution in [-0.2, 0) is 0 Å². The summed E-state index contributed by atoms with van der Waals surface area (Å²) in [6.45, 7) is 3.94. The highest BCUT2D eigenvalue weighted by molar-refractivity contribution is 7.19. The molecule has 6 nitrogen and oxygen atoms in total. The first-order valence-electron chi connectivity index (χ1n) is 10.4. The molecule has 5 aromatic rings. The number of benzene rings is 3. The second-order valence-corrected chi connectivity index (χ2v) is 8.56. The van der Waals surface area contributed by atoms with Crippen molar-refractivity contribution in [3.8, 4) is 33.3 Å². The van der Waals surface area contributed by atoms with Gasteiger partial charge in [0, 0.05) is 16.7 Å². The topological polar surface area (TPSA) is 80.9 Å². The zero-order valence-electron chi connectivity index (χ0n) is 18.1. The van der Waals surface area contributed by atoms with Crippen molar-refractivity contribution in [2.75, 3.05) is 5.32 Å². The van der Waals surface area contributed by atoms with Crippen LogP contribution in [0.4, 0.5) is 5.13 Å². The molecule has 0 aliphatic heterocycles. The molecule has 0 radical (unpaired) electrons. The maximum Gasteiger partial charge on any atom is 0.257 e. The Labute approximate surface area is 195 Å². The van der Waals surface area contributed by atoms with Gasteiger partial charge in [-0.05, 0) is 55.3 Å². The number of carbonyl (C=O) groups excluding carboxylic acids is 1. The molecule has 1 N–H and O–H groups in total. The fraction of sp³-hybridized carbons (Fsp3) is 0.0769. The van der Waals surface area contributed by atoms with Gasteiger partial charge in [0.1, 0.15) is 0 Å². The van der Waals surface area contributed by atoms with Crippen molar-refractivity contribution in [1.82, 2.24) is 15.2 Å². The molecule has 2 aromatic heterocycles. The van der Waals surface area contributed by atoms with Crippen LogP contribution < -0.4 is 5.32 Å². The Morgan fingerprint density at radius 3 is 2.27 bits per heavy atom. The Balaban J connectivity index is 1.31. The molecule has 0 aliphatic carbocycles. The molecule has 0 fully saturated rings. The number of thiazole rings is 1. The first-order chi connectivity index (χ1) is 16.1. The fourth-order valence-electron chi connectivity index (χ4n) is 3.50. The number of aromatic nitrogens is 3. The number of hydrogen-bond acceptors (Lipinski definition) is 6. The van der Waals surface area contributed by atoms with E-state index < -0.39 is 0 Å². The molecular weight excluding hydrogens is 432 g/mol. The number of rotatable bonds is 5. The molecule has 0 unspecified atom stereocenters. The highest BCUT2D eigenvalue weighted by Gasteiger charge is 2.15. The first kappa shape index (κ1) is 20.8. The monoisotopic (exact) mass is 452 g/mol. The van der Waals surface area contributed by atoms with Crippen LogP contribution in [0.3, 0.4) is 0 Å². The van der Waals surface area contributed by atoms with E-state index in [4.69, 9.17) is 4.42 Å². The van der Waals surface area contributed by atoms with Gasteiger partial charge in [-0.2, -0.15) is 0 Å². The summed E-state index contributed by atoms with van der Waals surface area (Å²) < 4.78 is 5.86. The lowest BCUT2D eigenvalue weighted by Crippen LogP contribution is -2.11. The molecule has 0 aliphatic rings. The fourth-order valence-corrected chi connectivity index (χ4v) is 4.47. The second kappa shape index (κ2) is 8.80. The van der Waals surface area contributed by atoms with E-state index in [2.05, 4.69) is 20.5 Å². The maximum absolute atomic E-state index is 12.7. The summed E-state index contributed by atoms with van der Waals surface area (Å²) >= 11 is 1.46. The van der Waals surface area contributed by atoms with Crippen molar-refractivity contribution >= 4 is 22.4 Å². The van der Waals surface area contributed by atoms with Crippen LogP contribution in [0.25, 0.3) is 33.3 Å². The molecule has 1 amide bonds. The van der Waals surface area contributed by atoms with Crippen LogP contribution in [-0.4, -0.2) is 21.1 Å². The van der Waals surface area contributed by atoms with Crippen molar-refractivity contribution in [3.05, 3.63) is 95.7 Å². The number of nitrogens with one attached hydrogen (secondary N) is 1. The van der Waals surface area contributed by atoms with E-state index in [-0.39, 0.29) is 5.91 Å². The van der Waals surface area contributed by atoms with Crippen LogP contribution in [0.15, 0.2) is 83.3 Å². The molecule has 7 heteroatoms. The Bertz CT molecular complexity index is 1420. The minimum atomic E-state index is -0.221. The molecular formula is C26H20N4O2S. The molecule has 33 heavy (non-hydrogen) atoms. The summed E-state index contributed by atoms with van der Waals surface area (Å²) in [6, 6.07) is 24.9. The van der Waals surface area contributed by atoms with E-state index in [1.54, 1.807) is 24.3 Å². The highest BCUT2D eigenvalue weighted by Crippen LogP contribution is 2.33. The predicted octanol–water partition coefficient (Wildman–Crippen LogP) is 6.40. The van der Waals surface area contributed by atoms with Gasteiger partial charge in [0.25, 0.3) is 5.91 Å². The summed E-state index contributed by atoms with van der Waals surface area (Å²) in [6.07, 6.45) is 0. The van der Waals surface area contributed by atoms with E-state index in [0.717, 1.165) is 32.8 Å². The number of anilines is 1. The third-order valence-electron chi connectivity index (χ3n) is 5.25. The first-order valence-corrected chi connectivity index (χ1v) is 11.2. The van der Waals surface area contributed by atoms with Crippen LogP contribution in [0.5, 0.6) is 0 Å². The summed E-state index contributed by atoms with van der Waals surface area (Å²) in [5.74, 6) is 0.655. The Hall–Kier alpha value is -4.10. The molecule has 0 saturated carbocycles. The Kier molecular flexibility index (Phi) is 5.54. The molecule has 0 saturated heterocycles. The largest absolute Gasteiger partial charge is 0.416 e. The number of nitrogens with zero attached hydrogens (tertiary/aromatic N) is 3. The smallest absolute Gasteiger partial charge is 0.257 e. The highest BCUT2D eigenvalue weighted by atomic mass is 32.1. The van der Waals surface area contributed by atoms with E-state index in [1.165, 1.54) is 11.3 Å². The average Bonchev–Trinajstić information content (AvgIpc) is 3.47. The minimum Gasteiger partial charge on any atom is -0.416 e. The molecule has 3 aromatic carbocycles. The second-order valence-electron chi connectivity index (χ2n) is 7.56. The lowest BCUT2D eigenvalue weighted by molar-refractivity contribution is 0.102. The average molecular weight is 453 g/mol. The van der Waals surface area contributed by atoms with Crippen LogP contribution in [0.1, 0.15) is 21.6 Å². The van der Waals surface area contributed by atoms with Gasteiger partial charge in [-0.15, -0.1) is 10.2 Å². The van der Waals surface area contributed by atoms with E-state index in [0.29, 0.717) is 22.5 Å². The normalized spacial score (nSPS) is 10.8. The summed E-state index contributed by atoms with van der Waals surface area (Å²) in [5, 5.41) is 11.8. The van der Waals surface area contributed by atoms with Gasteiger partial charge in [-0.25, -0.2) is 4.98 Å². The molecule has 2 heterocycles. The van der Waals surface area contributed by atoms with Crippen molar-refractivity contribution in [1.29, 1.82) is 0 Å². The molecule has 0 atom stereocenters. The van der Waals surface area contributed by atoms with E-state index >= 15 is 0 Å². The zero-order chi connectivity index (χ0) is 22.8. The number of carbonyl (C=O) groups is 1. The summed E-state index contributed by atoms with van der Waals surface area (Å²) in [5.41, 5.74) is 5.20. The zero-order valence-corrected chi connectivity index (χ0v) is 18.9. The van der Waals surface area contributed by atoms with Gasteiger partial charge in [0.05, 0.1) is 10.6 Å².